The summed E-state index contributed by atoms with van der Waals surface area (Å²) in [5.41, 5.74) is 9.85. The lowest BCUT2D eigenvalue weighted by molar-refractivity contribution is 0.209. The summed E-state index contributed by atoms with van der Waals surface area (Å²) in [5, 5.41) is 44.7. The number of hydrogen-bond acceptors (Lipinski definition) is 5. The molecule has 0 amide bonds. The summed E-state index contributed by atoms with van der Waals surface area (Å²) in [6, 6.07) is 23.5. The molecule has 4 rings (SSSR count). The molecule has 0 aromatic heterocycles. The minimum absolute atomic E-state index is 0.0388. The van der Waals surface area contributed by atoms with Gasteiger partial charge >= 0.3 is 0 Å². The number of aromatic hydroxyl groups is 3. The number of phenolic OH excluding ortho intramolecular Hbond substituents is 3. The van der Waals surface area contributed by atoms with Crippen LogP contribution in [0.4, 0.5) is 0 Å². The van der Waals surface area contributed by atoms with Gasteiger partial charge in [-0.25, -0.2) is 0 Å². The van der Waals surface area contributed by atoms with Crippen LogP contribution in [0.15, 0.2) is 120 Å². The Morgan fingerprint density at radius 1 is 0.623 bits per heavy atom. The van der Waals surface area contributed by atoms with Gasteiger partial charge in [-0.2, -0.15) is 0 Å². The van der Waals surface area contributed by atoms with Gasteiger partial charge in [0, 0.05) is 28.7 Å². The van der Waals surface area contributed by atoms with E-state index in [1.54, 1.807) is 13.0 Å². The maximum Gasteiger partial charge on any atom is 0.127 e. The largest absolute Gasteiger partial charge is 0.508 e. The fraction of sp³-hybridized carbons (Fsp3) is 0.250. The third kappa shape index (κ3) is 11.7. The molecule has 1 unspecified atom stereocenters. The molecular formula is C48H54O5. The minimum atomic E-state index is -0.908. The van der Waals surface area contributed by atoms with Crippen LogP contribution in [0.1, 0.15) is 86.1 Å². The molecule has 0 bridgehead atoms. The number of allylic oxidation sites excluding steroid dienone is 5. The van der Waals surface area contributed by atoms with Gasteiger partial charge in [0.05, 0.1) is 6.10 Å². The first kappa shape index (κ1) is 40.3. The number of hydrogen-bond donors (Lipinski definition) is 4. The van der Waals surface area contributed by atoms with E-state index in [4.69, 9.17) is 4.74 Å². The van der Waals surface area contributed by atoms with E-state index in [0.717, 1.165) is 39.0 Å². The molecule has 0 aliphatic carbocycles. The lowest BCUT2D eigenvalue weighted by Gasteiger charge is -2.19. The molecule has 0 aliphatic rings. The van der Waals surface area contributed by atoms with Crippen LogP contribution in [0.25, 0.3) is 24.3 Å². The molecule has 0 saturated heterocycles. The minimum Gasteiger partial charge on any atom is -0.508 e. The SMILES string of the molecule is C=C(C)C(O)Cc1c(O)cc(/C=C/c2ccccc2)c(C/C=C(/C)COc2cc(/C=C/c3ccccc3)c(CC=C(C)C)c(O)c2CC=C(C)C)c1O. The van der Waals surface area contributed by atoms with Crippen molar-refractivity contribution < 1.29 is 25.2 Å². The zero-order chi connectivity index (χ0) is 38.5. The van der Waals surface area contributed by atoms with Crippen LogP contribution in [0.2, 0.25) is 0 Å². The van der Waals surface area contributed by atoms with E-state index in [0.29, 0.717) is 41.7 Å². The van der Waals surface area contributed by atoms with Crippen molar-refractivity contribution in [1.29, 1.82) is 0 Å². The topological polar surface area (TPSA) is 90.2 Å². The van der Waals surface area contributed by atoms with Crippen molar-refractivity contribution in [3.8, 4) is 23.0 Å². The van der Waals surface area contributed by atoms with Crippen LogP contribution >= 0.6 is 0 Å². The van der Waals surface area contributed by atoms with Crippen LogP contribution in [0.5, 0.6) is 23.0 Å². The monoisotopic (exact) mass is 710 g/mol. The van der Waals surface area contributed by atoms with Crippen LogP contribution in [0, 0.1) is 0 Å². The second kappa shape index (κ2) is 19.4. The van der Waals surface area contributed by atoms with E-state index in [9.17, 15) is 20.4 Å². The zero-order valence-electron chi connectivity index (χ0n) is 32.0. The predicted molar refractivity (Wildman–Crippen MR) is 222 cm³/mol. The Bertz CT molecular complexity index is 2020. The van der Waals surface area contributed by atoms with Crippen molar-refractivity contribution in [2.45, 2.75) is 73.3 Å². The van der Waals surface area contributed by atoms with Gasteiger partial charge < -0.3 is 25.2 Å². The molecule has 0 radical (unpaired) electrons. The maximum atomic E-state index is 11.8. The molecule has 53 heavy (non-hydrogen) atoms. The van der Waals surface area contributed by atoms with Gasteiger partial charge in [0.1, 0.15) is 29.6 Å². The van der Waals surface area contributed by atoms with E-state index < -0.39 is 6.10 Å². The quantitative estimate of drug-likeness (QED) is 0.0686. The van der Waals surface area contributed by atoms with Gasteiger partial charge in [-0.15, -0.1) is 0 Å². The molecule has 0 aliphatic heterocycles. The summed E-state index contributed by atoms with van der Waals surface area (Å²) in [5.74, 6) is 0.701. The Kier molecular flexibility index (Phi) is 14.7. The maximum absolute atomic E-state index is 11.8. The summed E-state index contributed by atoms with van der Waals surface area (Å²) >= 11 is 0. The highest BCUT2D eigenvalue weighted by atomic mass is 16.5. The number of aliphatic hydroxyl groups is 1. The fourth-order valence-corrected chi connectivity index (χ4v) is 5.77. The molecule has 4 aromatic rings. The molecule has 5 heteroatoms. The van der Waals surface area contributed by atoms with Crippen molar-refractivity contribution in [3.05, 3.63) is 164 Å². The molecule has 0 spiro atoms. The Labute approximate surface area is 316 Å². The molecule has 1 atom stereocenters. The summed E-state index contributed by atoms with van der Waals surface area (Å²) in [4.78, 5) is 0. The number of ether oxygens (including phenoxy) is 1. The van der Waals surface area contributed by atoms with Crippen LogP contribution < -0.4 is 4.74 Å². The second-order valence-corrected chi connectivity index (χ2v) is 14.1. The first-order chi connectivity index (χ1) is 25.3. The van der Waals surface area contributed by atoms with Crippen molar-refractivity contribution in [3.63, 3.8) is 0 Å². The van der Waals surface area contributed by atoms with E-state index >= 15 is 0 Å². The normalized spacial score (nSPS) is 12.2. The molecule has 0 fully saturated rings. The summed E-state index contributed by atoms with van der Waals surface area (Å²) in [6.45, 7) is 16.0. The lowest BCUT2D eigenvalue weighted by atomic mass is 9.93. The molecule has 4 N–H and O–H groups in total. The Hall–Kier alpha value is -5.52. The number of rotatable bonds is 16. The standard InChI is InChI=1S/C48H54O5/c1-32(2)18-25-40-39(24-22-37-16-12-9-13-17-37)29-46(42(47(40)51)26-19-33(3)4)53-31-35(7)20-27-41-38(23-21-36-14-10-8-11-15-36)28-45(50)43(48(41)52)30-44(49)34(5)6/h8-24,28-29,44,49-52H,5,25-27,30-31H2,1-4,6-7H3/b23-21+,24-22+,35-20-. The number of aliphatic hydroxyl groups excluding tert-OH is 1. The van der Waals surface area contributed by atoms with Gasteiger partial charge in [0.15, 0.2) is 0 Å². The molecule has 5 nitrogen and oxygen atoms in total. The third-order valence-corrected chi connectivity index (χ3v) is 9.04. The number of benzene rings is 4. The summed E-state index contributed by atoms with van der Waals surface area (Å²) in [6.07, 6.45) is 14.7. The Morgan fingerprint density at radius 2 is 1.09 bits per heavy atom. The second-order valence-electron chi connectivity index (χ2n) is 14.1. The van der Waals surface area contributed by atoms with E-state index in [-0.39, 0.29) is 35.8 Å². The van der Waals surface area contributed by atoms with Gasteiger partial charge in [-0.1, -0.05) is 126 Å². The van der Waals surface area contributed by atoms with Gasteiger partial charge in [0.2, 0.25) is 0 Å². The van der Waals surface area contributed by atoms with Gasteiger partial charge in [-0.05, 0) is 101 Å². The molecule has 0 heterocycles. The van der Waals surface area contributed by atoms with Crippen molar-refractivity contribution in [2.24, 2.45) is 0 Å². The van der Waals surface area contributed by atoms with Crippen molar-refractivity contribution >= 4 is 24.3 Å². The zero-order valence-corrected chi connectivity index (χ0v) is 32.0. The Morgan fingerprint density at radius 3 is 1.60 bits per heavy atom. The first-order valence-electron chi connectivity index (χ1n) is 18.1. The molecule has 4 aromatic carbocycles. The highest BCUT2D eigenvalue weighted by Crippen LogP contribution is 2.39. The Balaban J connectivity index is 1.71. The molecule has 276 valence electrons. The first-order valence-corrected chi connectivity index (χ1v) is 18.1. The predicted octanol–water partition coefficient (Wildman–Crippen LogP) is 11.2. The summed E-state index contributed by atoms with van der Waals surface area (Å²) < 4.78 is 6.50. The van der Waals surface area contributed by atoms with Crippen molar-refractivity contribution in [1.82, 2.24) is 0 Å². The third-order valence-electron chi connectivity index (χ3n) is 9.04. The lowest BCUT2D eigenvalue weighted by Crippen LogP contribution is -2.12. The smallest absolute Gasteiger partial charge is 0.127 e. The van der Waals surface area contributed by atoms with Crippen LogP contribution in [-0.2, 0) is 25.7 Å². The molecule has 0 saturated carbocycles. The highest BCUT2D eigenvalue weighted by Gasteiger charge is 2.20. The van der Waals surface area contributed by atoms with Crippen molar-refractivity contribution in [2.75, 3.05) is 6.61 Å². The van der Waals surface area contributed by atoms with E-state index in [1.165, 1.54) is 5.57 Å². The highest BCUT2D eigenvalue weighted by molar-refractivity contribution is 5.76. The number of phenols is 3. The van der Waals surface area contributed by atoms with E-state index in [2.05, 4.69) is 32.6 Å². The molecular weight excluding hydrogens is 657 g/mol. The average molecular weight is 711 g/mol. The van der Waals surface area contributed by atoms with Crippen LogP contribution in [-0.4, -0.2) is 33.1 Å². The van der Waals surface area contributed by atoms with E-state index in [1.807, 2.05) is 118 Å². The average Bonchev–Trinajstić information content (AvgIpc) is 3.13. The van der Waals surface area contributed by atoms with Gasteiger partial charge in [0.25, 0.3) is 0 Å². The fourth-order valence-electron chi connectivity index (χ4n) is 5.77. The van der Waals surface area contributed by atoms with Gasteiger partial charge in [-0.3, -0.25) is 0 Å². The summed E-state index contributed by atoms with van der Waals surface area (Å²) in [7, 11) is 0. The van der Waals surface area contributed by atoms with Crippen LogP contribution in [0.3, 0.4) is 0 Å².